The molecule has 2 nitrogen and oxygen atoms in total. The van der Waals surface area contributed by atoms with E-state index >= 15 is 0 Å². The molecule has 3 heteroatoms. The molecule has 184 valence electrons. The third-order valence-electron chi connectivity index (χ3n) is 7.27. The molecule has 6 aromatic rings. The van der Waals surface area contributed by atoms with Crippen LogP contribution in [0.3, 0.4) is 0 Å². The van der Waals surface area contributed by atoms with E-state index in [-0.39, 0.29) is 5.97 Å². The predicted octanol–water partition coefficient (Wildman–Crippen LogP) is 6.77. The summed E-state index contributed by atoms with van der Waals surface area (Å²) in [4.78, 5) is 14.6. The average Bonchev–Trinajstić information content (AvgIpc) is 3.01. The first-order chi connectivity index (χ1) is 18.7. The first kappa shape index (κ1) is 23.9. The first-order valence-electron chi connectivity index (χ1n) is 12.7. The third-order valence-corrected chi connectivity index (χ3v) is 12.9. The Morgan fingerprint density at radius 3 is 1.24 bits per heavy atom. The molecule has 0 heterocycles. The van der Waals surface area contributed by atoms with E-state index in [4.69, 9.17) is 4.52 Å². The zero-order chi connectivity index (χ0) is 25.9. The molecular weight excluding hydrogens is 483 g/mol. The molecule has 0 unspecified atom stereocenters. The predicted molar refractivity (Wildman–Crippen MR) is 161 cm³/mol. The second-order valence-electron chi connectivity index (χ2n) is 9.28. The Kier molecular flexibility index (Phi) is 6.12. The van der Waals surface area contributed by atoms with Crippen LogP contribution in [0.5, 0.6) is 0 Å². The van der Waals surface area contributed by atoms with Crippen molar-refractivity contribution >= 4 is 44.8 Å². The number of hydrogen-bond donors (Lipinski definition) is 0. The Balaban J connectivity index is 1.77. The maximum absolute atomic E-state index is 14.6. The number of benzene rings is 6. The average molecular weight is 511 g/mol. The van der Waals surface area contributed by atoms with E-state index in [1.165, 1.54) is 0 Å². The number of carbonyl (C=O) groups excluding carboxylic acids is 1. The van der Waals surface area contributed by atoms with Crippen LogP contribution in [0.4, 0.5) is 0 Å². The van der Waals surface area contributed by atoms with Crippen LogP contribution in [0.25, 0.3) is 10.8 Å². The van der Waals surface area contributed by atoms with Gasteiger partial charge in [-0.2, -0.15) is 0 Å². The van der Waals surface area contributed by atoms with E-state index < -0.39 is 6.83 Å². The quantitative estimate of drug-likeness (QED) is 0.231. The number of carbonyl (C=O) groups is 1. The Morgan fingerprint density at radius 2 is 0.789 bits per heavy atom. The molecule has 6 aromatic carbocycles. The van der Waals surface area contributed by atoms with Gasteiger partial charge in [-0.15, -0.1) is 0 Å². The summed E-state index contributed by atoms with van der Waals surface area (Å²) < 4.78 is 7.26. The van der Waals surface area contributed by atoms with Crippen LogP contribution in [-0.4, -0.2) is 5.97 Å². The SMILES string of the molecule is O=C(OP(c1ccccc1)(c1ccccc1)(c1ccccc1)c1ccccc1)c1cccc2ccccc12. The van der Waals surface area contributed by atoms with Crippen LogP contribution >= 0.6 is 6.83 Å². The zero-order valence-corrected chi connectivity index (χ0v) is 21.7. The Hall–Kier alpha value is -4.52. The minimum atomic E-state index is -4.07. The molecule has 0 aliphatic heterocycles. The van der Waals surface area contributed by atoms with Crippen molar-refractivity contribution in [2.24, 2.45) is 0 Å². The molecule has 0 bridgehead atoms. The van der Waals surface area contributed by atoms with Gasteiger partial charge in [0.05, 0.1) is 0 Å². The van der Waals surface area contributed by atoms with Gasteiger partial charge < -0.3 is 0 Å². The van der Waals surface area contributed by atoms with Gasteiger partial charge in [-0.25, -0.2) is 0 Å². The zero-order valence-electron chi connectivity index (χ0n) is 20.9. The second kappa shape index (κ2) is 9.74. The molecule has 0 aromatic heterocycles. The summed E-state index contributed by atoms with van der Waals surface area (Å²) in [6, 6.07) is 54.8. The van der Waals surface area contributed by atoms with Crippen molar-refractivity contribution in [2.75, 3.05) is 0 Å². The molecule has 0 spiro atoms. The van der Waals surface area contributed by atoms with Crippen LogP contribution in [0, 0.1) is 0 Å². The Morgan fingerprint density at radius 1 is 0.421 bits per heavy atom. The van der Waals surface area contributed by atoms with Gasteiger partial charge in [-0.05, 0) is 0 Å². The summed E-state index contributed by atoms with van der Waals surface area (Å²) in [6.45, 7) is -4.07. The molecule has 0 atom stereocenters. The second-order valence-corrected chi connectivity index (χ2v) is 13.6. The molecule has 38 heavy (non-hydrogen) atoms. The van der Waals surface area contributed by atoms with Crippen molar-refractivity contribution in [1.29, 1.82) is 0 Å². The van der Waals surface area contributed by atoms with Crippen LogP contribution < -0.4 is 21.2 Å². The van der Waals surface area contributed by atoms with Crippen LogP contribution in [-0.2, 0) is 4.52 Å². The minimum absolute atomic E-state index is 0.347. The fourth-order valence-corrected chi connectivity index (χ4v) is 11.2. The number of hydrogen-bond acceptors (Lipinski definition) is 2. The molecule has 0 amide bonds. The topological polar surface area (TPSA) is 26.3 Å². The van der Waals surface area contributed by atoms with Gasteiger partial charge in [0.25, 0.3) is 0 Å². The van der Waals surface area contributed by atoms with Gasteiger partial charge >= 0.3 is 223 Å². The van der Waals surface area contributed by atoms with E-state index in [1.54, 1.807) is 0 Å². The normalized spacial score (nSPS) is 12.4. The summed E-state index contributed by atoms with van der Waals surface area (Å²) in [6.07, 6.45) is 0. The van der Waals surface area contributed by atoms with E-state index in [2.05, 4.69) is 48.5 Å². The summed E-state index contributed by atoms with van der Waals surface area (Å²) in [5.74, 6) is -0.347. The van der Waals surface area contributed by atoms with Gasteiger partial charge in [0.1, 0.15) is 0 Å². The van der Waals surface area contributed by atoms with E-state index in [9.17, 15) is 4.79 Å². The van der Waals surface area contributed by atoms with Crippen molar-refractivity contribution in [1.82, 2.24) is 0 Å². The van der Waals surface area contributed by atoms with Gasteiger partial charge in [0.2, 0.25) is 0 Å². The molecule has 0 radical (unpaired) electrons. The first-order valence-corrected chi connectivity index (χ1v) is 14.9. The number of rotatable bonds is 6. The van der Waals surface area contributed by atoms with Crippen molar-refractivity contribution in [3.05, 3.63) is 169 Å². The van der Waals surface area contributed by atoms with Crippen molar-refractivity contribution in [3.8, 4) is 0 Å². The van der Waals surface area contributed by atoms with Crippen molar-refractivity contribution in [2.45, 2.75) is 0 Å². The Bertz CT molecular complexity index is 1520. The monoisotopic (exact) mass is 510 g/mol. The summed E-state index contributed by atoms with van der Waals surface area (Å²) in [7, 11) is 0. The summed E-state index contributed by atoms with van der Waals surface area (Å²) in [5, 5.41) is 5.75. The number of fused-ring (bicyclic) bond motifs is 1. The van der Waals surface area contributed by atoms with E-state index in [1.807, 2.05) is 115 Å². The van der Waals surface area contributed by atoms with Crippen LogP contribution in [0.1, 0.15) is 10.4 Å². The summed E-state index contributed by atoms with van der Waals surface area (Å²) >= 11 is 0. The van der Waals surface area contributed by atoms with E-state index in [0.717, 1.165) is 32.0 Å². The van der Waals surface area contributed by atoms with Gasteiger partial charge in [0.15, 0.2) is 0 Å². The van der Waals surface area contributed by atoms with Gasteiger partial charge in [0, 0.05) is 0 Å². The van der Waals surface area contributed by atoms with Gasteiger partial charge in [-0.3, -0.25) is 0 Å². The van der Waals surface area contributed by atoms with Crippen molar-refractivity contribution in [3.63, 3.8) is 0 Å². The molecule has 0 aliphatic rings. The fourth-order valence-electron chi connectivity index (χ4n) is 5.57. The molecule has 0 N–H and O–H groups in total. The van der Waals surface area contributed by atoms with Gasteiger partial charge in [-0.1, -0.05) is 0 Å². The molecular formula is C35H27O2P. The summed E-state index contributed by atoms with van der Waals surface area (Å²) in [5.41, 5.74) is 0.552. The third kappa shape index (κ3) is 3.57. The van der Waals surface area contributed by atoms with Crippen LogP contribution in [0.15, 0.2) is 164 Å². The molecule has 6 rings (SSSR count). The molecule has 0 aliphatic carbocycles. The molecule has 0 fully saturated rings. The molecule has 0 saturated carbocycles. The molecule has 0 saturated heterocycles. The van der Waals surface area contributed by atoms with E-state index in [0.29, 0.717) is 5.56 Å². The standard InChI is InChI=1S/C35H27O2P/c36-35(34-27-15-17-28-16-13-14-26-33(28)34)37-38(29-18-5-1-6-19-29,30-20-7-2-8-21-30,31-22-9-3-10-23-31)32-24-11-4-12-25-32/h1-27H. The fraction of sp³-hybridized carbons (Fsp3) is 0. The van der Waals surface area contributed by atoms with Crippen molar-refractivity contribution < 1.29 is 9.32 Å². The van der Waals surface area contributed by atoms with Crippen LogP contribution in [0.2, 0.25) is 0 Å². The maximum atomic E-state index is 14.6. The Labute approximate surface area is 223 Å².